The fourth-order valence-electron chi connectivity index (χ4n) is 5.05. The van der Waals surface area contributed by atoms with Crippen LogP contribution in [0.5, 0.6) is 0 Å². The van der Waals surface area contributed by atoms with E-state index in [4.69, 9.17) is 10.7 Å². The van der Waals surface area contributed by atoms with E-state index in [0.717, 1.165) is 91.7 Å². The fourth-order valence-corrected chi connectivity index (χ4v) is 5.05. The molecule has 0 spiro atoms. The maximum atomic E-state index is 11.4. The van der Waals surface area contributed by atoms with E-state index in [1.807, 2.05) is 30.3 Å². The summed E-state index contributed by atoms with van der Waals surface area (Å²) < 4.78 is 2.37. The number of nitrogens with two attached hydrogens (primary N) is 1. The Kier molecular flexibility index (Phi) is 9.54. The summed E-state index contributed by atoms with van der Waals surface area (Å²) in [6.07, 6.45) is 4.09. The second kappa shape index (κ2) is 13.0. The number of aromatic nitrogens is 3. The molecule has 0 saturated carbocycles. The van der Waals surface area contributed by atoms with Crippen LogP contribution in [0.2, 0.25) is 0 Å². The van der Waals surface area contributed by atoms with Gasteiger partial charge in [-0.3, -0.25) is 9.69 Å². The summed E-state index contributed by atoms with van der Waals surface area (Å²) in [5.74, 6) is 0.273. The molecule has 0 bridgehead atoms. The van der Waals surface area contributed by atoms with Crippen LogP contribution in [0.1, 0.15) is 56.0 Å². The smallest absolute Gasteiger partial charge is 0.310 e. The Hall–Kier alpha value is -3.49. The highest BCUT2D eigenvalue weighted by molar-refractivity contribution is 6.06. The normalized spacial score (nSPS) is 12.7. The summed E-state index contributed by atoms with van der Waals surface area (Å²) in [7, 11) is 4.20. The second-order valence-electron chi connectivity index (χ2n) is 10.7. The van der Waals surface area contributed by atoms with Gasteiger partial charge in [-0.1, -0.05) is 55.8 Å². The third kappa shape index (κ3) is 6.94. The molecular weight excluding hydrogens is 488 g/mol. The Balaban J connectivity index is 1.55. The summed E-state index contributed by atoms with van der Waals surface area (Å²) in [5, 5.41) is 10.4. The number of hydrogen-bond donors (Lipinski definition) is 2. The van der Waals surface area contributed by atoms with E-state index >= 15 is 0 Å². The molecule has 0 aliphatic rings. The maximum Gasteiger partial charge on any atom is 0.310 e. The van der Waals surface area contributed by atoms with Gasteiger partial charge in [0.05, 0.1) is 17.0 Å². The van der Waals surface area contributed by atoms with Gasteiger partial charge in [-0.15, -0.1) is 0 Å². The first kappa shape index (κ1) is 28.5. The average molecular weight is 531 g/mol. The van der Waals surface area contributed by atoms with Crippen LogP contribution in [0.3, 0.4) is 0 Å². The standard InChI is InChI=1S/C31H42N6O2/c1-5-6-12-27-34-28-29(25-10-7-8-11-26(25)33-30(28)32)37(27)18-9-17-36(20-19-35(3)4)21-23-13-15-24(16-14-23)22(2)31(38)39/h7-8,10-11,13-16,22H,5-6,9,12,17-21H2,1-4H3,(H2,32,33)(H,38,39). The molecule has 2 aromatic heterocycles. The Morgan fingerprint density at radius 3 is 2.46 bits per heavy atom. The minimum atomic E-state index is -0.800. The first-order chi connectivity index (χ1) is 18.8. The monoisotopic (exact) mass is 530 g/mol. The van der Waals surface area contributed by atoms with E-state index in [1.54, 1.807) is 6.92 Å². The number of carboxylic acid groups (broad SMARTS) is 1. The predicted octanol–water partition coefficient (Wildman–Crippen LogP) is 5.15. The number of likely N-dealkylation sites (N-methyl/N-ethyl adjacent to an activating group) is 1. The summed E-state index contributed by atoms with van der Waals surface area (Å²) in [4.78, 5) is 25.6. The molecule has 8 heteroatoms. The summed E-state index contributed by atoms with van der Waals surface area (Å²) >= 11 is 0. The molecule has 0 amide bonds. The number of rotatable bonds is 14. The van der Waals surface area contributed by atoms with Crippen LogP contribution in [-0.4, -0.2) is 69.1 Å². The molecule has 0 radical (unpaired) electrons. The van der Waals surface area contributed by atoms with Gasteiger partial charge in [0.2, 0.25) is 0 Å². The number of para-hydroxylation sites is 1. The van der Waals surface area contributed by atoms with Gasteiger partial charge in [-0.25, -0.2) is 9.97 Å². The van der Waals surface area contributed by atoms with Crippen LogP contribution >= 0.6 is 0 Å². The van der Waals surface area contributed by atoms with Crippen LogP contribution in [0, 0.1) is 0 Å². The van der Waals surface area contributed by atoms with Gasteiger partial charge in [0.1, 0.15) is 11.3 Å². The molecule has 2 heterocycles. The zero-order valence-corrected chi connectivity index (χ0v) is 23.7. The van der Waals surface area contributed by atoms with Crippen molar-refractivity contribution in [2.24, 2.45) is 0 Å². The number of anilines is 1. The summed E-state index contributed by atoms with van der Waals surface area (Å²) in [6, 6.07) is 16.2. The van der Waals surface area contributed by atoms with E-state index in [-0.39, 0.29) is 0 Å². The van der Waals surface area contributed by atoms with Crippen molar-refractivity contribution in [1.82, 2.24) is 24.3 Å². The number of aliphatic carboxylic acids is 1. The molecule has 1 atom stereocenters. The highest BCUT2D eigenvalue weighted by atomic mass is 16.4. The number of carboxylic acids is 1. The average Bonchev–Trinajstić information content (AvgIpc) is 3.29. The van der Waals surface area contributed by atoms with Crippen molar-refractivity contribution in [3.63, 3.8) is 0 Å². The number of carbonyl (C=O) groups is 1. The van der Waals surface area contributed by atoms with Gasteiger partial charge in [0, 0.05) is 44.5 Å². The third-order valence-electron chi connectivity index (χ3n) is 7.42. The number of nitrogens with zero attached hydrogens (tertiary/aromatic N) is 5. The van der Waals surface area contributed by atoms with Gasteiger partial charge >= 0.3 is 5.97 Å². The fraction of sp³-hybridized carbons (Fsp3) is 0.452. The van der Waals surface area contributed by atoms with Crippen LogP contribution in [-0.2, 0) is 24.3 Å². The minimum absolute atomic E-state index is 0.494. The van der Waals surface area contributed by atoms with Gasteiger partial charge in [0.25, 0.3) is 0 Å². The van der Waals surface area contributed by atoms with Gasteiger partial charge in [-0.2, -0.15) is 0 Å². The number of unbranched alkanes of at least 4 members (excludes halogenated alkanes) is 1. The lowest BCUT2D eigenvalue weighted by Crippen LogP contribution is -2.32. The number of imidazole rings is 1. The van der Waals surface area contributed by atoms with Gasteiger partial charge in [-0.05, 0) is 51.1 Å². The quantitative estimate of drug-likeness (QED) is 0.232. The summed E-state index contributed by atoms with van der Waals surface area (Å²) in [5.41, 5.74) is 11.2. The van der Waals surface area contributed by atoms with E-state index in [2.05, 4.69) is 58.6 Å². The first-order valence-corrected chi connectivity index (χ1v) is 14.0. The first-order valence-electron chi connectivity index (χ1n) is 14.0. The molecule has 0 aliphatic carbocycles. The second-order valence-corrected chi connectivity index (χ2v) is 10.7. The highest BCUT2D eigenvalue weighted by Crippen LogP contribution is 2.29. The Labute approximate surface area is 231 Å². The highest BCUT2D eigenvalue weighted by Gasteiger charge is 2.18. The Bertz CT molecular complexity index is 1400. The lowest BCUT2D eigenvalue weighted by atomic mass is 10.00. The third-order valence-corrected chi connectivity index (χ3v) is 7.42. The molecule has 0 fully saturated rings. The van der Waals surface area contributed by atoms with E-state index in [1.165, 1.54) is 5.56 Å². The zero-order valence-electron chi connectivity index (χ0n) is 23.7. The minimum Gasteiger partial charge on any atom is -0.481 e. The Morgan fingerprint density at radius 2 is 1.77 bits per heavy atom. The molecule has 0 aliphatic heterocycles. The van der Waals surface area contributed by atoms with E-state index in [0.29, 0.717) is 5.82 Å². The van der Waals surface area contributed by atoms with Crippen LogP contribution in [0.4, 0.5) is 5.82 Å². The van der Waals surface area contributed by atoms with Crippen molar-refractivity contribution in [2.45, 2.75) is 58.5 Å². The lowest BCUT2D eigenvalue weighted by molar-refractivity contribution is -0.138. The number of nitrogen functional groups attached to an aromatic ring is 1. The largest absolute Gasteiger partial charge is 0.481 e. The molecule has 8 nitrogen and oxygen atoms in total. The molecule has 4 rings (SSSR count). The van der Waals surface area contributed by atoms with Gasteiger partial charge < -0.3 is 20.3 Å². The van der Waals surface area contributed by atoms with Gasteiger partial charge in [0.15, 0.2) is 5.82 Å². The predicted molar refractivity (Wildman–Crippen MR) is 159 cm³/mol. The maximum absolute atomic E-state index is 11.4. The van der Waals surface area contributed by atoms with Crippen LogP contribution < -0.4 is 5.73 Å². The number of pyridine rings is 1. The summed E-state index contributed by atoms with van der Waals surface area (Å²) in [6.45, 7) is 8.47. The van der Waals surface area contributed by atoms with Crippen molar-refractivity contribution in [1.29, 1.82) is 0 Å². The molecule has 4 aromatic rings. The van der Waals surface area contributed by atoms with Crippen LogP contribution in [0.25, 0.3) is 21.9 Å². The van der Waals surface area contributed by atoms with Crippen molar-refractivity contribution >= 4 is 33.7 Å². The zero-order chi connectivity index (χ0) is 27.9. The molecule has 3 N–H and O–H groups in total. The molecule has 1 unspecified atom stereocenters. The molecule has 0 saturated heterocycles. The van der Waals surface area contributed by atoms with Crippen molar-refractivity contribution in [3.05, 3.63) is 65.5 Å². The molecule has 2 aromatic carbocycles. The SMILES string of the molecule is CCCCc1nc2c(N)nc3ccccc3c2n1CCCN(CCN(C)C)Cc1ccc(C(C)C(=O)O)cc1. The van der Waals surface area contributed by atoms with Crippen molar-refractivity contribution < 1.29 is 9.90 Å². The van der Waals surface area contributed by atoms with Crippen LogP contribution in [0.15, 0.2) is 48.5 Å². The molecular formula is C31H42N6O2. The molecule has 208 valence electrons. The number of aryl methyl sites for hydroxylation is 2. The lowest BCUT2D eigenvalue weighted by Gasteiger charge is -2.25. The van der Waals surface area contributed by atoms with Crippen molar-refractivity contribution in [2.75, 3.05) is 39.5 Å². The Morgan fingerprint density at radius 1 is 1.03 bits per heavy atom. The number of fused-ring (bicyclic) bond motifs is 3. The number of benzene rings is 2. The van der Waals surface area contributed by atoms with E-state index < -0.39 is 11.9 Å². The molecule has 39 heavy (non-hydrogen) atoms. The topological polar surface area (TPSA) is 101 Å². The van der Waals surface area contributed by atoms with Crippen molar-refractivity contribution in [3.8, 4) is 0 Å². The van der Waals surface area contributed by atoms with E-state index in [9.17, 15) is 9.90 Å². The number of hydrogen-bond acceptors (Lipinski definition) is 6.